The Labute approximate surface area is 114 Å². The van der Waals surface area contributed by atoms with E-state index in [0.717, 1.165) is 5.57 Å². The second-order valence-corrected chi connectivity index (χ2v) is 4.56. The minimum atomic E-state index is 0.244. The summed E-state index contributed by atoms with van der Waals surface area (Å²) in [5, 5.41) is 11.6. The molecule has 0 amide bonds. The van der Waals surface area contributed by atoms with Crippen molar-refractivity contribution < 1.29 is 4.74 Å². The summed E-state index contributed by atoms with van der Waals surface area (Å²) >= 11 is 1.92. The highest BCUT2D eigenvalue weighted by atomic mass is 127. The molecule has 0 saturated carbocycles. The Kier molecular flexibility index (Phi) is 6.12. The summed E-state index contributed by atoms with van der Waals surface area (Å²) in [6.45, 7) is 1.35. The first-order valence-corrected chi connectivity index (χ1v) is 6.24. The number of allylic oxidation sites excluding steroid dienone is 1. The fraction of sp³-hybridized carbons (Fsp3) is 0.500. The molecule has 0 aromatic rings. The second-order valence-electron chi connectivity index (χ2n) is 3.48. The number of hydrogen-bond donors (Lipinski definition) is 3. The minimum absolute atomic E-state index is 0.244. The molecule has 0 unspecified atom stereocenters. The van der Waals surface area contributed by atoms with Gasteiger partial charge in [-0.3, -0.25) is 10.4 Å². The fourth-order valence-corrected chi connectivity index (χ4v) is 1.46. The Balaban J connectivity index is 2.58. The van der Waals surface area contributed by atoms with Crippen molar-refractivity contribution in [1.82, 2.24) is 5.43 Å². The molecule has 1 rings (SSSR count). The molecule has 94 valence electrons. The lowest BCUT2D eigenvalue weighted by atomic mass is 10.1. The maximum Gasteiger partial charge on any atom is 0.116 e. The van der Waals surface area contributed by atoms with E-state index in [1.54, 1.807) is 13.3 Å². The third-order valence-electron chi connectivity index (χ3n) is 2.16. The van der Waals surface area contributed by atoms with E-state index in [1.807, 2.05) is 22.6 Å². The molecule has 17 heavy (non-hydrogen) atoms. The summed E-state index contributed by atoms with van der Waals surface area (Å²) in [4.78, 5) is 4.33. The molecular weight excluding hydrogens is 333 g/mol. The van der Waals surface area contributed by atoms with Crippen LogP contribution in [0.25, 0.3) is 0 Å². The molecule has 1 aliphatic heterocycles. The number of aliphatic imine (C=N–C) groups is 1. The average Bonchev–Trinajstić information content (AvgIpc) is 2.24. The van der Waals surface area contributed by atoms with E-state index >= 15 is 0 Å². The number of rotatable bonds is 6. The van der Waals surface area contributed by atoms with Crippen molar-refractivity contribution in [3.05, 3.63) is 11.8 Å². The molecule has 7 heteroatoms. The highest BCUT2D eigenvalue weighted by Gasteiger charge is 2.16. The lowest BCUT2D eigenvalue weighted by Gasteiger charge is -2.21. The predicted octanol–water partition coefficient (Wildman–Crippen LogP) is 0.676. The van der Waals surface area contributed by atoms with Crippen LogP contribution in [0, 0.1) is 5.41 Å². The number of hydrogen-bond acceptors (Lipinski definition) is 6. The summed E-state index contributed by atoms with van der Waals surface area (Å²) in [5.41, 5.74) is 9.69. The lowest BCUT2D eigenvalue weighted by Crippen LogP contribution is -2.31. The van der Waals surface area contributed by atoms with Gasteiger partial charge < -0.3 is 15.9 Å². The molecule has 1 heterocycles. The first-order valence-electron chi connectivity index (χ1n) is 5.16. The van der Waals surface area contributed by atoms with Gasteiger partial charge in [-0.2, -0.15) is 5.10 Å². The normalized spacial score (nSPS) is 18.2. The van der Waals surface area contributed by atoms with Crippen molar-refractivity contribution >= 4 is 38.2 Å². The van der Waals surface area contributed by atoms with Crippen molar-refractivity contribution in [3.8, 4) is 0 Å². The van der Waals surface area contributed by atoms with Crippen molar-refractivity contribution in [2.75, 3.05) is 20.3 Å². The first kappa shape index (κ1) is 14.1. The molecule has 0 aliphatic carbocycles. The number of hydrazone groups is 1. The van der Waals surface area contributed by atoms with Crippen molar-refractivity contribution in [2.24, 2.45) is 15.8 Å². The smallest absolute Gasteiger partial charge is 0.116 e. The Bertz CT molecular complexity index is 360. The van der Waals surface area contributed by atoms with Gasteiger partial charge in [-0.25, -0.2) is 0 Å². The Morgan fingerprint density at radius 3 is 2.76 bits per heavy atom. The van der Waals surface area contributed by atoms with Crippen LogP contribution >= 0.6 is 22.6 Å². The number of halogens is 1. The monoisotopic (exact) mass is 349 g/mol. The zero-order valence-corrected chi connectivity index (χ0v) is 11.8. The van der Waals surface area contributed by atoms with Crippen molar-refractivity contribution in [2.45, 2.75) is 12.5 Å². The van der Waals surface area contributed by atoms with Crippen LogP contribution in [0.4, 0.5) is 0 Å². The molecule has 0 spiro atoms. The quantitative estimate of drug-likeness (QED) is 0.374. The topological polar surface area (TPSA) is 95.8 Å². The van der Waals surface area contributed by atoms with E-state index in [4.69, 9.17) is 15.9 Å². The van der Waals surface area contributed by atoms with Crippen LogP contribution in [0.2, 0.25) is 0 Å². The summed E-state index contributed by atoms with van der Waals surface area (Å²) in [5.74, 6) is 0. The van der Waals surface area contributed by atoms with Crippen LogP contribution in [-0.4, -0.2) is 41.9 Å². The van der Waals surface area contributed by atoms with E-state index < -0.39 is 0 Å². The Morgan fingerprint density at radius 1 is 1.65 bits per heavy atom. The highest BCUT2D eigenvalue weighted by molar-refractivity contribution is 14.1. The third kappa shape index (κ3) is 4.82. The summed E-state index contributed by atoms with van der Waals surface area (Å²) in [6, 6.07) is 0.244. The number of ether oxygens (including phenoxy) is 1. The molecule has 0 radical (unpaired) electrons. The molecule has 1 aliphatic rings. The molecule has 1 saturated heterocycles. The lowest BCUT2D eigenvalue weighted by molar-refractivity contribution is 0.0135. The fourth-order valence-electron chi connectivity index (χ4n) is 1.15. The summed E-state index contributed by atoms with van der Waals surface area (Å²) in [7, 11) is 1.70. The summed E-state index contributed by atoms with van der Waals surface area (Å²) in [6.07, 6.45) is 3.72. The van der Waals surface area contributed by atoms with Crippen LogP contribution in [0.3, 0.4) is 0 Å². The van der Waals surface area contributed by atoms with Gasteiger partial charge in [0, 0.05) is 19.7 Å². The van der Waals surface area contributed by atoms with Crippen LogP contribution in [-0.2, 0) is 4.74 Å². The minimum Gasteiger partial charge on any atom is -0.404 e. The van der Waals surface area contributed by atoms with Crippen molar-refractivity contribution in [1.29, 1.82) is 5.41 Å². The largest absolute Gasteiger partial charge is 0.404 e. The van der Waals surface area contributed by atoms with Crippen molar-refractivity contribution in [3.63, 3.8) is 0 Å². The maximum absolute atomic E-state index is 7.57. The van der Waals surface area contributed by atoms with Crippen LogP contribution in [0.1, 0.15) is 6.42 Å². The van der Waals surface area contributed by atoms with E-state index in [2.05, 4.69) is 15.5 Å². The van der Waals surface area contributed by atoms with Crippen LogP contribution in [0.15, 0.2) is 21.9 Å². The predicted molar refractivity (Wildman–Crippen MR) is 78.2 cm³/mol. The number of nitrogens with two attached hydrogens (primary N) is 1. The molecular formula is C10H16IN5O. The Morgan fingerprint density at radius 2 is 2.35 bits per heavy atom. The zero-order valence-electron chi connectivity index (χ0n) is 9.61. The molecule has 6 nitrogen and oxygen atoms in total. The van der Waals surface area contributed by atoms with E-state index in [9.17, 15) is 0 Å². The first-order chi connectivity index (χ1) is 8.17. The van der Waals surface area contributed by atoms with Gasteiger partial charge in [0.15, 0.2) is 0 Å². The molecule has 0 bridgehead atoms. The van der Waals surface area contributed by atoms with Gasteiger partial charge >= 0.3 is 0 Å². The molecule has 0 aromatic heterocycles. The highest BCUT2D eigenvalue weighted by Crippen LogP contribution is 2.08. The summed E-state index contributed by atoms with van der Waals surface area (Å²) < 4.78 is 5.41. The third-order valence-corrected chi connectivity index (χ3v) is 2.78. The van der Waals surface area contributed by atoms with Gasteiger partial charge in [-0.1, -0.05) is 0 Å². The van der Waals surface area contributed by atoms with Crippen LogP contribution in [0.5, 0.6) is 0 Å². The Hall–Kier alpha value is -0.960. The van der Waals surface area contributed by atoms with Gasteiger partial charge in [0.2, 0.25) is 0 Å². The van der Waals surface area contributed by atoms with Gasteiger partial charge in [0.25, 0.3) is 0 Å². The molecule has 4 N–H and O–H groups in total. The van der Waals surface area contributed by atoms with E-state index in [-0.39, 0.29) is 6.04 Å². The second kappa shape index (κ2) is 7.38. The molecule has 0 aromatic carbocycles. The zero-order chi connectivity index (χ0) is 12.7. The van der Waals surface area contributed by atoms with Gasteiger partial charge in [0.1, 0.15) is 3.72 Å². The van der Waals surface area contributed by atoms with Gasteiger partial charge in [0.05, 0.1) is 25.0 Å². The molecule has 1 fully saturated rings. The average molecular weight is 349 g/mol. The van der Waals surface area contributed by atoms with E-state index in [0.29, 0.717) is 29.1 Å². The van der Waals surface area contributed by atoms with Gasteiger partial charge in [-0.05, 0) is 34.4 Å². The number of nitrogens with one attached hydrogen (secondary N) is 2. The standard InChI is InChI=1S/C10H16IN5O/c1-14-16-9(10(11)13)2-7(3-12)4-15-8-5-17-6-8/h3-4,8,13-14H,2,5-6,12H2,1H3/b7-3?,13-10?,15-4?,16-9-. The van der Waals surface area contributed by atoms with Crippen LogP contribution < -0.4 is 11.2 Å². The van der Waals surface area contributed by atoms with E-state index in [1.165, 1.54) is 6.20 Å². The molecule has 0 atom stereocenters. The van der Waals surface area contributed by atoms with Gasteiger partial charge in [-0.15, -0.1) is 0 Å². The maximum atomic E-state index is 7.57. The number of nitrogens with zero attached hydrogens (tertiary/aromatic N) is 2. The SMILES string of the molecule is CN/N=C(/CC(C=NC1COC1)=CN)C(=N)I.